The molecule has 0 spiro atoms. The van der Waals surface area contributed by atoms with Gasteiger partial charge >= 0.3 is 5.97 Å². The van der Waals surface area contributed by atoms with Crippen molar-refractivity contribution < 1.29 is 27.9 Å². The first kappa shape index (κ1) is 21.9. The van der Waals surface area contributed by atoms with E-state index in [1.54, 1.807) is 6.92 Å². The van der Waals surface area contributed by atoms with Crippen molar-refractivity contribution >= 4 is 21.9 Å². The second-order valence-corrected chi connectivity index (χ2v) is 7.47. The number of methoxy groups -OCH3 is 1. The normalized spacial score (nSPS) is 12.4. The van der Waals surface area contributed by atoms with E-state index in [1.807, 2.05) is 6.92 Å². The second-order valence-electron chi connectivity index (χ2n) is 5.76. The summed E-state index contributed by atoms with van der Waals surface area (Å²) in [5.74, 6) is -0.962. The van der Waals surface area contributed by atoms with Gasteiger partial charge in [0.15, 0.2) is 0 Å². The molecule has 0 fully saturated rings. The van der Waals surface area contributed by atoms with Gasteiger partial charge in [0, 0.05) is 18.5 Å². The number of unbranched alkanes of at least 4 members (excludes halogenated alkanes) is 1. The van der Waals surface area contributed by atoms with Crippen LogP contribution in [0.15, 0.2) is 23.1 Å². The topological polar surface area (TPSA) is 122 Å². The lowest BCUT2D eigenvalue weighted by molar-refractivity contribution is -0.139. The minimum atomic E-state index is -4.03. The third-order valence-corrected chi connectivity index (χ3v) is 5.27. The Kier molecular flexibility index (Phi) is 8.53. The Morgan fingerprint density at radius 2 is 1.96 bits per heavy atom. The molecule has 0 aliphatic carbocycles. The first-order valence-corrected chi connectivity index (χ1v) is 9.92. The number of sulfonamides is 1. The van der Waals surface area contributed by atoms with Gasteiger partial charge in [0.05, 0.1) is 12.0 Å². The standard InChI is InChI=1S/C17H26N2O6S/c1-4-6-7-14(17(21)22)19-26(23,24)13-8-9-15(25-3)12(10-13)11-18-16(20)5-2/h8-10,14,19H,4-7,11H2,1-3H3,(H,18,20)(H,21,22)/t14-/m0/s1. The van der Waals surface area contributed by atoms with Crippen LogP contribution in [0.2, 0.25) is 0 Å². The minimum absolute atomic E-state index is 0.0817. The van der Waals surface area contributed by atoms with Crippen LogP contribution in [0.5, 0.6) is 5.75 Å². The fourth-order valence-corrected chi connectivity index (χ4v) is 3.55. The molecule has 3 N–H and O–H groups in total. The van der Waals surface area contributed by atoms with Gasteiger partial charge in [-0.25, -0.2) is 8.42 Å². The van der Waals surface area contributed by atoms with E-state index in [-0.39, 0.29) is 23.8 Å². The third-order valence-electron chi connectivity index (χ3n) is 3.80. The summed E-state index contributed by atoms with van der Waals surface area (Å²) in [6.45, 7) is 3.71. The van der Waals surface area contributed by atoms with E-state index >= 15 is 0 Å². The van der Waals surface area contributed by atoms with Crippen LogP contribution in [-0.4, -0.2) is 38.6 Å². The van der Waals surface area contributed by atoms with Crippen LogP contribution in [0.3, 0.4) is 0 Å². The second kappa shape index (κ2) is 10.1. The van der Waals surface area contributed by atoms with E-state index in [2.05, 4.69) is 10.0 Å². The van der Waals surface area contributed by atoms with Crippen molar-refractivity contribution in [1.29, 1.82) is 0 Å². The maximum Gasteiger partial charge on any atom is 0.321 e. The predicted molar refractivity (Wildman–Crippen MR) is 96.4 cm³/mol. The summed E-state index contributed by atoms with van der Waals surface area (Å²) >= 11 is 0. The van der Waals surface area contributed by atoms with Gasteiger partial charge in [-0.1, -0.05) is 26.7 Å². The highest BCUT2D eigenvalue weighted by Crippen LogP contribution is 2.23. The van der Waals surface area contributed by atoms with E-state index < -0.39 is 22.0 Å². The maximum absolute atomic E-state index is 12.6. The van der Waals surface area contributed by atoms with Crippen molar-refractivity contribution in [3.05, 3.63) is 23.8 Å². The molecular weight excluding hydrogens is 360 g/mol. The highest BCUT2D eigenvalue weighted by Gasteiger charge is 2.25. The number of amides is 1. The number of aliphatic carboxylic acids is 1. The van der Waals surface area contributed by atoms with Crippen LogP contribution >= 0.6 is 0 Å². The molecule has 1 aromatic rings. The summed E-state index contributed by atoms with van der Waals surface area (Å²) in [6.07, 6.45) is 1.87. The number of hydrogen-bond donors (Lipinski definition) is 3. The first-order valence-electron chi connectivity index (χ1n) is 8.43. The van der Waals surface area contributed by atoms with Crippen molar-refractivity contribution in [2.24, 2.45) is 0 Å². The summed E-state index contributed by atoms with van der Waals surface area (Å²) in [7, 11) is -2.58. The molecule has 0 unspecified atom stereocenters. The molecule has 9 heteroatoms. The Morgan fingerprint density at radius 3 is 2.50 bits per heavy atom. The average Bonchev–Trinajstić information content (AvgIpc) is 2.62. The maximum atomic E-state index is 12.6. The van der Waals surface area contributed by atoms with Gasteiger partial charge in [-0.3, -0.25) is 9.59 Å². The molecule has 8 nitrogen and oxygen atoms in total. The van der Waals surface area contributed by atoms with E-state index in [9.17, 15) is 23.1 Å². The van der Waals surface area contributed by atoms with Gasteiger partial charge in [0.2, 0.25) is 15.9 Å². The van der Waals surface area contributed by atoms with Crippen LogP contribution in [0.1, 0.15) is 45.1 Å². The molecule has 0 radical (unpaired) electrons. The zero-order chi connectivity index (χ0) is 19.7. The Balaban J connectivity index is 3.07. The molecule has 0 aromatic heterocycles. The number of carboxylic acids is 1. The summed E-state index contributed by atoms with van der Waals surface area (Å²) in [6, 6.07) is 3.00. The SMILES string of the molecule is CCCC[C@H](NS(=O)(=O)c1ccc(OC)c(CNC(=O)CC)c1)C(=O)O. The Hall–Kier alpha value is -2.13. The number of ether oxygens (including phenoxy) is 1. The van der Waals surface area contributed by atoms with E-state index in [4.69, 9.17) is 4.74 Å². The molecule has 26 heavy (non-hydrogen) atoms. The molecule has 1 rings (SSSR count). The largest absolute Gasteiger partial charge is 0.496 e. The predicted octanol–water partition coefficient (Wildman–Crippen LogP) is 1.64. The quantitative estimate of drug-likeness (QED) is 0.531. The van der Waals surface area contributed by atoms with Crippen molar-refractivity contribution in [1.82, 2.24) is 10.0 Å². The summed E-state index contributed by atoms with van der Waals surface area (Å²) < 4.78 is 32.5. The van der Waals surface area contributed by atoms with E-state index in [1.165, 1.54) is 25.3 Å². The number of hydrogen-bond acceptors (Lipinski definition) is 5. The van der Waals surface area contributed by atoms with Gasteiger partial charge in [0.1, 0.15) is 11.8 Å². The van der Waals surface area contributed by atoms with Crippen molar-refractivity contribution in [3.63, 3.8) is 0 Å². The molecule has 0 saturated heterocycles. The number of rotatable bonds is 11. The van der Waals surface area contributed by atoms with Gasteiger partial charge in [-0.2, -0.15) is 4.72 Å². The molecule has 0 bridgehead atoms. The Morgan fingerprint density at radius 1 is 1.27 bits per heavy atom. The Labute approximate surface area is 154 Å². The molecule has 1 aromatic carbocycles. The van der Waals surface area contributed by atoms with Crippen molar-refractivity contribution in [2.45, 2.75) is 57.0 Å². The van der Waals surface area contributed by atoms with Gasteiger partial charge in [-0.05, 0) is 24.6 Å². The number of benzene rings is 1. The molecule has 0 aliphatic rings. The summed E-state index contributed by atoms with van der Waals surface area (Å²) in [4.78, 5) is 22.7. The van der Waals surface area contributed by atoms with Crippen molar-refractivity contribution in [2.75, 3.05) is 7.11 Å². The van der Waals surface area contributed by atoms with E-state index in [0.717, 1.165) is 6.42 Å². The zero-order valence-corrected chi connectivity index (χ0v) is 16.1. The lowest BCUT2D eigenvalue weighted by atomic mass is 10.1. The summed E-state index contributed by atoms with van der Waals surface area (Å²) in [5, 5.41) is 11.9. The molecule has 0 heterocycles. The smallest absolute Gasteiger partial charge is 0.321 e. The summed E-state index contributed by atoms with van der Waals surface area (Å²) in [5.41, 5.74) is 0.484. The molecule has 1 atom stereocenters. The highest BCUT2D eigenvalue weighted by atomic mass is 32.2. The van der Waals surface area contributed by atoms with Crippen LogP contribution in [0, 0.1) is 0 Å². The molecular formula is C17H26N2O6S. The van der Waals surface area contributed by atoms with Crippen LogP contribution in [0.25, 0.3) is 0 Å². The van der Waals surface area contributed by atoms with E-state index in [0.29, 0.717) is 24.2 Å². The van der Waals surface area contributed by atoms with Crippen LogP contribution in [0.4, 0.5) is 0 Å². The van der Waals surface area contributed by atoms with Gasteiger partial charge < -0.3 is 15.2 Å². The number of carbonyl (C=O) groups is 2. The lowest BCUT2D eigenvalue weighted by Crippen LogP contribution is -2.40. The highest BCUT2D eigenvalue weighted by molar-refractivity contribution is 7.89. The van der Waals surface area contributed by atoms with Crippen LogP contribution < -0.4 is 14.8 Å². The minimum Gasteiger partial charge on any atom is -0.496 e. The zero-order valence-electron chi connectivity index (χ0n) is 15.2. The van der Waals surface area contributed by atoms with Crippen molar-refractivity contribution in [3.8, 4) is 5.75 Å². The third kappa shape index (κ3) is 6.30. The fraction of sp³-hybridized carbons (Fsp3) is 0.529. The average molecular weight is 386 g/mol. The molecule has 0 aliphatic heterocycles. The number of carbonyl (C=O) groups excluding carboxylic acids is 1. The first-order chi connectivity index (χ1) is 12.2. The number of carboxylic acid groups (broad SMARTS) is 1. The molecule has 1 amide bonds. The fourth-order valence-electron chi connectivity index (χ4n) is 2.28. The van der Waals surface area contributed by atoms with Gasteiger partial charge in [0.25, 0.3) is 0 Å². The lowest BCUT2D eigenvalue weighted by Gasteiger charge is -2.16. The number of nitrogens with one attached hydrogen (secondary N) is 2. The van der Waals surface area contributed by atoms with Crippen LogP contribution in [-0.2, 0) is 26.2 Å². The molecule has 0 saturated carbocycles. The molecule has 146 valence electrons. The Bertz CT molecular complexity index is 733. The van der Waals surface area contributed by atoms with Gasteiger partial charge in [-0.15, -0.1) is 0 Å². The monoisotopic (exact) mass is 386 g/mol.